The maximum Gasteiger partial charge on any atom is 0.225 e. The van der Waals surface area contributed by atoms with Gasteiger partial charge in [-0.2, -0.15) is 0 Å². The zero-order chi connectivity index (χ0) is 15.3. The summed E-state index contributed by atoms with van der Waals surface area (Å²) in [5.41, 5.74) is 0.202. The molecule has 2 saturated heterocycles. The van der Waals surface area contributed by atoms with Crippen LogP contribution in [0.2, 0.25) is 0 Å². The summed E-state index contributed by atoms with van der Waals surface area (Å²) in [6, 6.07) is 4.03. The molecule has 122 valence electrons. The van der Waals surface area contributed by atoms with E-state index in [1.807, 2.05) is 17.5 Å². The van der Waals surface area contributed by atoms with E-state index in [1.165, 1.54) is 25.9 Å². The Morgan fingerprint density at radius 1 is 1.32 bits per heavy atom. The minimum atomic E-state index is 0.148. The van der Waals surface area contributed by atoms with Crippen LogP contribution in [0.4, 0.5) is 0 Å². The lowest BCUT2D eigenvalue weighted by Gasteiger charge is -2.40. The van der Waals surface area contributed by atoms with Gasteiger partial charge in [0.1, 0.15) is 0 Å². The molecule has 2 fully saturated rings. The standard InChI is InChI=1S/C17H26N2O2S/c20-16(12-15-4-3-11-22-15)18-13-17(5-9-21-10-6-17)14-19-7-1-2-8-19/h3-4,11H,1-2,5-10,12-14H2,(H,18,20). The molecule has 1 aromatic heterocycles. The van der Waals surface area contributed by atoms with Crippen LogP contribution in [-0.4, -0.2) is 50.2 Å². The molecule has 1 amide bonds. The molecule has 1 aromatic rings. The highest BCUT2D eigenvalue weighted by molar-refractivity contribution is 7.10. The molecule has 0 spiro atoms. The molecule has 0 aliphatic carbocycles. The third-order valence-corrected chi connectivity index (χ3v) is 5.76. The topological polar surface area (TPSA) is 41.6 Å². The molecule has 0 unspecified atom stereocenters. The molecule has 0 bridgehead atoms. The highest BCUT2D eigenvalue weighted by Crippen LogP contribution is 2.32. The first-order chi connectivity index (χ1) is 10.8. The normalized spacial score (nSPS) is 21.8. The molecule has 0 saturated carbocycles. The highest BCUT2D eigenvalue weighted by atomic mass is 32.1. The number of thiophene rings is 1. The van der Waals surface area contributed by atoms with E-state index in [0.717, 1.165) is 44.0 Å². The lowest BCUT2D eigenvalue weighted by atomic mass is 9.79. The number of amides is 1. The molecule has 1 N–H and O–H groups in total. The van der Waals surface area contributed by atoms with Gasteiger partial charge in [0.2, 0.25) is 5.91 Å². The number of hydrogen-bond donors (Lipinski definition) is 1. The number of nitrogens with zero attached hydrogens (tertiary/aromatic N) is 1. The van der Waals surface area contributed by atoms with Crippen LogP contribution in [-0.2, 0) is 16.0 Å². The first-order valence-corrected chi connectivity index (χ1v) is 9.23. The van der Waals surface area contributed by atoms with Crippen LogP contribution in [0.25, 0.3) is 0 Å². The third-order valence-electron chi connectivity index (χ3n) is 4.89. The molecule has 0 radical (unpaired) electrons. The zero-order valence-corrected chi connectivity index (χ0v) is 14.0. The van der Waals surface area contributed by atoms with Crippen molar-refractivity contribution in [3.05, 3.63) is 22.4 Å². The van der Waals surface area contributed by atoms with Gasteiger partial charge in [-0.05, 0) is 50.2 Å². The summed E-state index contributed by atoms with van der Waals surface area (Å²) < 4.78 is 5.55. The second-order valence-corrected chi connectivity index (χ2v) is 7.66. The van der Waals surface area contributed by atoms with Crippen molar-refractivity contribution in [1.82, 2.24) is 10.2 Å². The largest absolute Gasteiger partial charge is 0.381 e. The summed E-state index contributed by atoms with van der Waals surface area (Å²) in [6.07, 6.45) is 5.26. The second-order valence-electron chi connectivity index (χ2n) is 6.63. The van der Waals surface area contributed by atoms with Gasteiger partial charge in [0, 0.05) is 36.6 Å². The number of carbonyl (C=O) groups is 1. The average Bonchev–Trinajstić information content (AvgIpc) is 3.20. The Kier molecular flexibility index (Phi) is 5.50. The van der Waals surface area contributed by atoms with Crippen LogP contribution >= 0.6 is 11.3 Å². The Labute approximate surface area is 136 Å². The lowest BCUT2D eigenvalue weighted by molar-refractivity contribution is -0.121. The van der Waals surface area contributed by atoms with Gasteiger partial charge in [-0.3, -0.25) is 4.79 Å². The second kappa shape index (κ2) is 7.57. The molecule has 4 nitrogen and oxygen atoms in total. The number of ether oxygens (including phenoxy) is 1. The van der Waals surface area contributed by atoms with Gasteiger partial charge < -0.3 is 15.0 Å². The SMILES string of the molecule is O=C(Cc1cccs1)NCC1(CN2CCCC2)CCOCC1. The fourth-order valence-electron chi connectivity index (χ4n) is 3.53. The van der Waals surface area contributed by atoms with Crippen molar-refractivity contribution in [2.75, 3.05) is 39.4 Å². The number of rotatable bonds is 6. The molecule has 5 heteroatoms. The number of carbonyl (C=O) groups excluding carboxylic acids is 1. The van der Waals surface area contributed by atoms with Crippen molar-refractivity contribution in [3.63, 3.8) is 0 Å². The van der Waals surface area contributed by atoms with Crippen molar-refractivity contribution in [2.24, 2.45) is 5.41 Å². The Hall–Kier alpha value is -0.910. The smallest absolute Gasteiger partial charge is 0.225 e. The van der Waals surface area contributed by atoms with E-state index in [0.29, 0.717) is 6.42 Å². The van der Waals surface area contributed by atoms with E-state index < -0.39 is 0 Å². The first kappa shape index (κ1) is 16.0. The lowest BCUT2D eigenvalue weighted by Crippen LogP contribution is -2.48. The van der Waals surface area contributed by atoms with Gasteiger partial charge in [-0.1, -0.05) is 6.07 Å². The molecule has 0 atom stereocenters. The van der Waals surface area contributed by atoms with Crippen molar-refractivity contribution >= 4 is 17.2 Å². The predicted octanol–water partition coefficient (Wildman–Crippen LogP) is 2.30. The Bertz CT molecular complexity index is 463. The van der Waals surface area contributed by atoms with Gasteiger partial charge >= 0.3 is 0 Å². The van der Waals surface area contributed by atoms with Crippen LogP contribution in [0.5, 0.6) is 0 Å². The van der Waals surface area contributed by atoms with E-state index >= 15 is 0 Å². The minimum Gasteiger partial charge on any atom is -0.381 e. The summed E-state index contributed by atoms with van der Waals surface area (Å²) in [4.78, 5) is 15.9. The molecule has 2 aliphatic rings. The minimum absolute atomic E-state index is 0.148. The average molecular weight is 322 g/mol. The molecule has 3 rings (SSSR count). The monoisotopic (exact) mass is 322 g/mol. The van der Waals surface area contributed by atoms with Crippen molar-refractivity contribution in [2.45, 2.75) is 32.1 Å². The van der Waals surface area contributed by atoms with Gasteiger partial charge in [0.15, 0.2) is 0 Å². The Morgan fingerprint density at radius 3 is 2.77 bits per heavy atom. The van der Waals surface area contributed by atoms with E-state index in [4.69, 9.17) is 4.74 Å². The Balaban J connectivity index is 1.53. The van der Waals surface area contributed by atoms with Gasteiger partial charge in [-0.25, -0.2) is 0 Å². The molecule has 22 heavy (non-hydrogen) atoms. The van der Waals surface area contributed by atoms with Gasteiger partial charge in [0.25, 0.3) is 0 Å². The number of nitrogens with one attached hydrogen (secondary N) is 1. The fraction of sp³-hybridized carbons (Fsp3) is 0.706. The summed E-state index contributed by atoms with van der Waals surface area (Å²) in [5.74, 6) is 0.148. The molecular weight excluding hydrogens is 296 g/mol. The molecule has 0 aromatic carbocycles. The Morgan fingerprint density at radius 2 is 2.09 bits per heavy atom. The first-order valence-electron chi connectivity index (χ1n) is 8.35. The summed E-state index contributed by atoms with van der Waals surface area (Å²) in [5, 5.41) is 5.21. The molecular formula is C17H26N2O2S. The summed E-state index contributed by atoms with van der Waals surface area (Å²) in [7, 11) is 0. The van der Waals surface area contributed by atoms with Crippen LogP contribution in [0.1, 0.15) is 30.6 Å². The zero-order valence-electron chi connectivity index (χ0n) is 13.2. The molecule has 2 aliphatic heterocycles. The highest BCUT2D eigenvalue weighted by Gasteiger charge is 2.35. The van der Waals surface area contributed by atoms with E-state index in [9.17, 15) is 4.79 Å². The predicted molar refractivity (Wildman–Crippen MR) is 89.2 cm³/mol. The number of likely N-dealkylation sites (tertiary alicyclic amines) is 1. The van der Waals surface area contributed by atoms with Crippen molar-refractivity contribution in [1.29, 1.82) is 0 Å². The van der Waals surface area contributed by atoms with E-state index in [-0.39, 0.29) is 11.3 Å². The quantitative estimate of drug-likeness (QED) is 0.874. The van der Waals surface area contributed by atoms with Crippen LogP contribution in [0, 0.1) is 5.41 Å². The van der Waals surface area contributed by atoms with Gasteiger partial charge in [-0.15, -0.1) is 11.3 Å². The third kappa shape index (κ3) is 4.31. The summed E-state index contributed by atoms with van der Waals surface area (Å²) in [6.45, 7) is 5.98. The van der Waals surface area contributed by atoms with Crippen molar-refractivity contribution in [3.8, 4) is 0 Å². The fourth-order valence-corrected chi connectivity index (χ4v) is 4.23. The summed E-state index contributed by atoms with van der Waals surface area (Å²) >= 11 is 1.65. The van der Waals surface area contributed by atoms with E-state index in [2.05, 4.69) is 10.2 Å². The van der Waals surface area contributed by atoms with E-state index in [1.54, 1.807) is 11.3 Å². The van der Waals surface area contributed by atoms with Crippen molar-refractivity contribution < 1.29 is 9.53 Å². The van der Waals surface area contributed by atoms with Crippen LogP contribution < -0.4 is 5.32 Å². The van der Waals surface area contributed by atoms with Gasteiger partial charge in [0.05, 0.1) is 6.42 Å². The maximum absolute atomic E-state index is 12.2. The van der Waals surface area contributed by atoms with Crippen LogP contribution in [0.15, 0.2) is 17.5 Å². The maximum atomic E-state index is 12.2. The van der Waals surface area contributed by atoms with Crippen LogP contribution in [0.3, 0.4) is 0 Å². The molecule has 3 heterocycles. The number of hydrogen-bond acceptors (Lipinski definition) is 4.